The summed E-state index contributed by atoms with van der Waals surface area (Å²) >= 11 is 0. The Morgan fingerprint density at radius 3 is 2.88 bits per heavy atom. The molecule has 17 heavy (non-hydrogen) atoms. The van der Waals surface area contributed by atoms with Gasteiger partial charge >= 0.3 is 0 Å². The van der Waals surface area contributed by atoms with Crippen LogP contribution in [0.3, 0.4) is 0 Å². The van der Waals surface area contributed by atoms with Gasteiger partial charge in [-0.15, -0.1) is 0 Å². The van der Waals surface area contributed by atoms with E-state index in [9.17, 15) is 9.59 Å². The van der Waals surface area contributed by atoms with E-state index in [-0.39, 0.29) is 24.0 Å². The van der Waals surface area contributed by atoms with E-state index in [0.717, 1.165) is 12.8 Å². The fourth-order valence-electron chi connectivity index (χ4n) is 1.40. The van der Waals surface area contributed by atoms with E-state index >= 15 is 0 Å². The van der Waals surface area contributed by atoms with Crippen LogP contribution < -0.4 is 10.9 Å². The minimum absolute atomic E-state index is 0.174. The summed E-state index contributed by atoms with van der Waals surface area (Å²) in [7, 11) is 0. The molecule has 0 spiro atoms. The quantitative estimate of drug-likeness (QED) is 0.632. The molecule has 5 nitrogen and oxygen atoms in total. The van der Waals surface area contributed by atoms with E-state index in [1.54, 1.807) is 0 Å². The number of aliphatic hydroxyl groups is 1. The molecule has 0 saturated carbocycles. The molecule has 1 heterocycles. The molecule has 0 fully saturated rings. The zero-order chi connectivity index (χ0) is 12.7. The molecule has 94 valence electrons. The minimum Gasteiger partial charge on any atom is -0.396 e. The van der Waals surface area contributed by atoms with E-state index in [2.05, 4.69) is 10.3 Å². The molecule has 0 aliphatic carbocycles. The number of carbonyl (C=O) groups is 1. The van der Waals surface area contributed by atoms with Gasteiger partial charge in [0, 0.05) is 25.4 Å². The number of aliphatic hydroxyl groups excluding tert-OH is 1. The van der Waals surface area contributed by atoms with E-state index in [4.69, 9.17) is 5.11 Å². The second kappa shape index (κ2) is 6.85. The van der Waals surface area contributed by atoms with Gasteiger partial charge in [0.1, 0.15) is 0 Å². The largest absolute Gasteiger partial charge is 0.396 e. The highest BCUT2D eigenvalue weighted by molar-refractivity contribution is 5.93. The number of hydrogen-bond donors (Lipinski definition) is 3. The maximum absolute atomic E-state index is 11.6. The van der Waals surface area contributed by atoms with Gasteiger partial charge in [0.25, 0.3) is 5.91 Å². The molecule has 0 radical (unpaired) electrons. The van der Waals surface area contributed by atoms with E-state index in [0.29, 0.717) is 12.1 Å². The summed E-state index contributed by atoms with van der Waals surface area (Å²) in [5.41, 5.74) is 0.220. The normalized spacial score (nSPS) is 12.1. The number of rotatable bonds is 6. The predicted octanol–water partition coefficient (Wildman–Crippen LogP) is 0.513. The number of nitrogens with one attached hydrogen (secondary N) is 2. The average Bonchev–Trinajstić information content (AvgIpc) is 2.34. The lowest BCUT2D eigenvalue weighted by atomic mass is 10.1. The van der Waals surface area contributed by atoms with E-state index < -0.39 is 0 Å². The summed E-state index contributed by atoms with van der Waals surface area (Å²) in [4.78, 5) is 24.8. The maximum atomic E-state index is 11.6. The molecule has 1 aromatic heterocycles. The number of aromatic nitrogens is 1. The van der Waals surface area contributed by atoms with Gasteiger partial charge in [-0.2, -0.15) is 0 Å². The molecule has 1 amide bonds. The molecule has 1 rings (SSSR count). The van der Waals surface area contributed by atoms with Crippen LogP contribution in [0.2, 0.25) is 0 Å². The van der Waals surface area contributed by atoms with Crippen molar-refractivity contribution in [2.24, 2.45) is 5.92 Å². The van der Waals surface area contributed by atoms with Gasteiger partial charge in [0.15, 0.2) is 0 Å². The van der Waals surface area contributed by atoms with Gasteiger partial charge in [0.2, 0.25) is 5.56 Å². The molecular weight excluding hydrogens is 220 g/mol. The summed E-state index contributed by atoms with van der Waals surface area (Å²) in [5.74, 6) is 0.0675. The summed E-state index contributed by atoms with van der Waals surface area (Å²) in [6, 6.07) is 2.81. The van der Waals surface area contributed by atoms with Crippen LogP contribution in [0.1, 0.15) is 30.1 Å². The van der Waals surface area contributed by atoms with Crippen molar-refractivity contribution in [1.82, 2.24) is 10.3 Å². The molecule has 0 aromatic carbocycles. The van der Waals surface area contributed by atoms with Crippen LogP contribution in [0, 0.1) is 5.92 Å². The van der Waals surface area contributed by atoms with Gasteiger partial charge in [-0.1, -0.05) is 6.92 Å². The average molecular weight is 238 g/mol. The first-order valence-electron chi connectivity index (χ1n) is 5.71. The Morgan fingerprint density at radius 2 is 2.29 bits per heavy atom. The third-order valence-electron chi connectivity index (χ3n) is 2.52. The number of pyridine rings is 1. The van der Waals surface area contributed by atoms with Crippen LogP contribution in [0.15, 0.2) is 23.1 Å². The third kappa shape index (κ3) is 4.82. The number of carbonyl (C=O) groups excluding carboxylic acids is 1. The van der Waals surface area contributed by atoms with Crippen LogP contribution in [0.25, 0.3) is 0 Å². The van der Waals surface area contributed by atoms with E-state index in [1.165, 1.54) is 18.3 Å². The summed E-state index contributed by atoms with van der Waals surface area (Å²) in [5, 5.41) is 11.6. The zero-order valence-electron chi connectivity index (χ0n) is 9.90. The zero-order valence-corrected chi connectivity index (χ0v) is 9.90. The molecule has 1 unspecified atom stereocenters. The Kier molecular flexibility index (Phi) is 5.42. The van der Waals surface area contributed by atoms with Crippen LogP contribution in [-0.4, -0.2) is 29.1 Å². The van der Waals surface area contributed by atoms with Crippen molar-refractivity contribution < 1.29 is 9.90 Å². The first-order chi connectivity index (χ1) is 8.13. The molecule has 0 aliphatic heterocycles. The van der Waals surface area contributed by atoms with Crippen molar-refractivity contribution in [3.05, 3.63) is 34.2 Å². The number of aromatic amines is 1. The monoisotopic (exact) mass is 238 g/mol. The van der Waals surface area contributed by atoms with Gasteiger partial charge in [-0.25, -0.2) is 0 Å². The Balaban J connectivity index is 2.30. The lowest BCUT2D eigenvalue weighted by molar-refractivity contribution is 0.0951. The van der Waals surface area contributed by atoms with Crippen molar-refractivity contribution in [3.63, 3.8) is 0 Å². The van der Waals surface area contributed by atoms with E-state index in [1.807, 2.05) is 6.92 Å². The molecule has 0 aliphatic rings. The van der Waals surface area contributed by atoms with Crippen molar-refractivity contribution in [2.75, 3.05) is 13.2 Å². The molecule has 3 N–H and O–H groups in total. The van der Waals surface area contributed by atoms with Crippen molar-refractivity contribution in [3.8, 4) is 0 Å². The number of amides is 1. The van der Waals surface area contributed by atoms with Crippen LogP contribution in [0.5, 0.6) is 0 Å². The predicted molar refractivity (Wildman–Crippen MR) is 64.9 cm³/mol. The summed E-state index contributed by atoms with van der Waals surface area (Å²) < 4.78 is 0. The fraction of sp³-hybridized carbons (Fsp3) is 0.500. The highest BCUT2D eigenvalue weighted by atomic mass is 16.3. The lowest BCUT2D eigenvalue weighted by Crippen LogP contribution is -2.25. The van der Waals surface area contributed by atoms with Gasteiger partial charge in [-0.3, -0.25) is 9.59 Å². The smallest absolute Gasteiger partial charge is 0.252 e. The van der Waals surface area contributed by atoms with Crippen molar-refractivity contribution in [1.29, 1.82) is 0 Å². The molecular formula is C12H18N2O3. The van der Waals surface area contributed by atoms with Crippen LogP contribution >= 0.6 is 0 Å². The second-order valence-electron chi connectivity index (χ2n) is 4.13. The molecule has 0 bridgehead atoms. The van der Waals surface area contributed by atoms with Gasteiger partial charge in [-0.05, 0) is 24.8 Å². The Bertz CT molecular complexity index is 394. The lowest BCUT2D eigenvalue weighted by Gasteiger charge is -2.08. The topological polar surface area (TPSA) is 82.2 Å². The molecule has 5 heteroatoms. The van der Waals surface area contributed by atoms with Crippen LogP contribution in [-0.2, 0) is 0 Å². The minimum atomic E-state index is -0.224. The Labute approximate surface area is 99.9 Å². The highest BCUT2D eigenvalue weighted by Crippen LogP contribution is 2.02. The SMILES string of the molecule is CC(CO)CCCNC(=O)c1ccc(=O)[nH]c1. The van der Waals surface area contributed by atoms with Gasteiger partial charge < -0.3 is 15.4 Å². The first-order valence-corrected chi connectivity index (χ1v) is 5.71. The van der Waals surface area contributed by atoms with Crippen LogP contribution in [0.4, 0.5) is 0 Å². The summed E-state index contributed by atoms with van der Waals surface area (Å²) in [6.07, 6.45) is 3.10. The number of H-pyrrole nitrogens is 1. The standard InChI is InChI=1S/C12H18N2O3/c1-9(8-15)3-2-6-13-12(17)10-4-5-11(16)14-7-10/h4-5,7,9,15H,2-3,6,8H2,1H3,(H,13,17)(H,14,16). The third-order valence-corrected chi connectivity index (χ3v) is 2.52. The summed E-state index contributed by atoms with van der Waals surface area (Å²) in [6.45, 7) is 2.71. The first kappa shape index (κ1) is 13.4. The molecule has 1 aromatic rings. The number of hydrogen-bond acceptors (Lipinski definition) is 3. The molecule has 1 atom stereocenters. The van der Waals surface area contributed by atoms with Crippen molar-refractivity contribution >= 4 is 5.91 Å². The fourth-order valence-corrected chi connectivity index (χ4v) is 1.40. The molecule has 0 saturated heterocycles. The van der Waals surface area contributed by atoms with Crippen molar-refractivity contribution in [2.45, 2.75) is 19.8 Å². The Morgan fingerprint density at radius 1 is 1.53 bits per heavy atom. The van der Waals surface area contributed by atoms with Gasteiger partial charge in [0.05, 0.1) is 5.56 Å². The highest BCUT2D eigenvalue weighted by Gasteiger charge is 2.05. The second-order valence-corrected chi connectivity index (χ2v) is 4.13. The maximum Gasteiger partial charge on any atom is 0.252 e. The Hall–Kier alpha value is -1.62.